The molecule has 0 radical (unpaired) electrons. The fraction of sp³-hybridized carbons (Fsp3) is 0.333. The van der Waals surface area contributed by atoms with Crippen molar-refractivity contribution in [1.29, 1.82) is 0 Å². The van der Waals surface area contributed by atoms with Crippen LogP contribution in [0.25, 0.3) is 10.2 Å². The maximum Gasteiger partial charge on any atom is 0.184 e. The molecule has 4 rings (SSSR count). The molecule has 1 fully saturated rings. The number of nitrogens with one attached hydrogen (secondary N) is 1. The van der Waals surface area contributed by atoms with Crippen molar-refractivity contribution in [2.45, 2.75) is 37.8 Å². The van der Waals surface area contributed by atoms with Crippen LogP contribution >= 0.6 is 11.3 Å². The van der Waals surface area contributed by atoms with E-state index in [1.54, 1.807) is 23.7 Å². The fourth-order valence-electron chi connectivity index (χ4n) is 3.17. The SMILES string of the molecule is Bc1cnccc1Oc1ccc2nc(N[C@@H]3CCCC[C@H]3O)sc2c1. The molecule has 2 N–H and O–H groups in total. The van der Waals surface area contributed by atoms with E-state index in [9.17, 15) is 5.11 Å². The Balaban J connectivity index is 1.54. The number of hydrogen-bond donors (Lipinski definition) is 2. The zero-order chi connectivity index (χ0) is 17.2. The van der Waals surface area contributed by atoms with Crippen molar-refractivity contribution >= 4 is 40.0 Å². The molecule has 1 aliphatic carbocycles. The van der Waals surface area contributed by atoms with Crippen molar-refractivity contribution in [1.82, 2.24) is 9.97 Å². The molecular weight excluding hydrogens is 333 g/mol. The van der Waals surface area contributed by atoms with Gasteiger partial charge in [0.05, 0.1) is 22.4 Å². The number of aliphatic hydroxyl groups is 1. The zero-order valence-corrected chi connectivity index (χ0v) is 14.9. The number of nitrogens with zero attached hydrogens (tertiary/aromatic N) is 2. The predicted octanol–water partition coefficient (Wildman–Crippen LogP) is 2.46. The molecule has 0 saturated heterocycles. The van der Waals surface area contributed by atoms with Crippen LogP contribution in [0.2, 0.25) is 0 Å². The largest absolute Gasteiger partial charge is 0.458 e. The maximum atomic E-state index is 10.1. The molecule has 2 aromatic heterocycles. The molecule has 0 spiro atoms. The molecule has 5 nitrogen and oxygen atoms in total. The first-order valence-electron chi connectivity index (χ1n) is 8.63. The monoisotopic (exact) mass is 353 g/mol. The molecular formula is C18H20BN3O2S. The predicted molar refractivity (Wildman–Crippen MR) is 104 cm³/mol. The highest BCUT2D eigenvalue weighted by atomic mass is 32.1. The van der Waals surface area contributed by atoms with E-state index in [1.807, 2.05) is 32.1 Å². The number of pyridine rings is 1. The Morgan fingerprint density at radius 2 is 2.12 bits per heavy atom. The molecule has 0 amide bonds. The summed E-state index contributed by atoms with van der Waals surface area (Å²) >= 11 is 1.60. The summed E-state index contributed by atoms with van der Waals surface area (Å²) < 4.78 is 7.04. The Labute approximate surface area is 151 Å². The van der Waals surface area contributed by atoms with Crippen LogP contribution in [0, 0.1) is 0 Å². The summed E-state index contributed by atoms with van der Waals surface area (Å²) in [5, 5.41) is 14.4. The van der Waals surface area contributed by atoms with Crippen LogP contribution in [0.5, 0.6) is 11.5 Å². The lowest BCUT2D eigenvalue weighted by Gasteiger charge is -2.27. The molecule has 128 valence electrons. The van der Waals surface area contributed by atoms with Gasteiger partial charge in [-0.25, -0.2) is 4.98 Å². The summed E-state index contributed by atoms with van der Waals surface area (Å²) in [6.45, 7) is 0. The average molecular weight is 353 g/mol. The smallest absolute Gasteiger partial charge is 0.184 e. The molecule has 0 aliphatic heterocycles. The van der Waals surface area contributed by atoms with Crippen LogP contribution in [-0.2, 0) is 0 Å². The topological polar surface area (TPSA) is 67.3 Å². The highest BCUT2D eigenvalue weighted by molar-refractivity contribution is 7.22. The highest BCUT2D eigenvalue weighted by Crippen LogP contribution is 2.32. The Morgan fingerprint density at radius 3 is 2.96 bits per heavy atom. The third-order valence-electron chi connectivity index (χ3n) is 4.59. The third-order valence-corrected chi connectivity index (χ3v) is 5.54. The van der Waals surface area contributed by atoms with Crippen LogP contribution < -0.4 is 15.5 Å². The minimum absolute atomic E-state index is 0.101. The standard InChI is InChI=1S/C18H20BN3O2S/c19-12-10-20-8-7-16(12)24-11-5-6-14-17(9-11)25-18(22-14)21-13-3-1-2-4-15(13)23/h5-10,13,15,23H,1-4,19H2,(H,21,22)/t13-,15-/m1/s1. The van der Waals surface area contributed by atoms with Crippen molar-refractivity contribution in [3.63, 3.8) is 0 Å². The Morgan fingerprint density at radius 1 is 1.24 bits per heavy atom. The second-order valence-corrected chi connectivity index (χ2v) is 7.53. The average Bonchev–Trinajstić information content (AvgIpc) is 3.01. The number of rotatable bonds is 4. The van der Waals surface area contributed by atoms with Gasteiger partial charge >= 0.3 is 0 Å². The molecule has 1 aliphatic rings. The summed E-state index contributed by atoms with van der Waals surface area (Å²) in [7, 11) is 1.98. The Bertz CT molecular complexity index is 886. The third kappa shape index (κ3) is 3.62. The van der Waals surface area contributed by atoms with E-state index in [1.165, 1.54) is 0 Å². The van der Waals surface area contributed by atoms with Gasteiger partial charge in [0.25, 0.3) is 0 Å². The van der Waals surface area contributed by atoms with Crippen molar-refractivity contribution < 1.29 is 9.84 Å². The first-order valence-corrected chi connectivity index (χ1v) is 9.44. The zero-order valence-electron chi connectivity index (χ0n) is 14.1. The Hall–Kier alpha value is -2.12. The minimum Gasteiger partial charge on any atom is -0.458 e. The molecule has 25 heavy (non-hydrogen) atoms. The highest BCUT2D eigenvalue weighted by Gasteiger charge is 2.23. The van der Waals surface area contributed by atoms with Crippen molar-refractivity contribution in [3.05, 3.63) is 36.7 Å². The van der Waals surface area contributed by atoms with E-state index in [0.717, 1.165) is 58.0 Å². The van der Waals surface area contributed by atoms with Crippen LogP contribution in [0.1, 0.15) is 25.7 Å². The quantitative estimate of drug-likeness (QED) is 0.706. The van der Waals surface area contributed by atoms with Gasteiger partial charge in [-0.05, 0) is 36.5 Å². The number of thiazole rings is 1. The van der Waals surface area contributed by atoms with Crippen molar-refractivity contribution in [3.8, 4) is 11.5 Å². The molecule has 1 aromatic carbocycles. The number of anilines is 1. The lowest BCUT2D eigenvalue weighted by molar-refractivity contribution is 0.116. The summed E-state index contributed by atoms with van der Waals surface area (Å²) in [6, 6.07) is 7.88. The van der Waals surface area contributed by atoms with E-state index < -0.39 is 0 Å². The van der Waals surface area contributed by atoms with Crippen LogP contribution in [0.15, 0.2) is 36.7 Å². The molecule has 1 saturated carbocycles. The summed E-state index contributed by atoms with van der Waals surface area (Å²) in [5.41, 5.74) is 1.94. The summed E-state index contributed by atoms with van der Waals surface area (Å²) in [6.07, 6.45) is 7.35. The van der Waals surface area contributed by atoms with Crippen molar-refractivity contribution in [2.75, 3.05) is 5.32 Å². The van der Waals surface area contributed by atoms with E-state index in [0.29, 0.717) is 0 Å². The van der Waals surface area contributed by atoms with Gasteiger partial charge in [-0.2, -0.15) is 0 Å². The van der Waals surface area contributed by atoms with Gasteiger partial charge in [-0.1, -0.05) is 24.2 Å². The van der Waals surface area contributed by atoms with Crippen LogP contribution in [0.3, 0.4) is 0 Å². The number of benzene rings is 1. The molecule has 2 atom stereocenters. The van der Waals surface area contributed by atoms with Gasteiger partial charge in [0.2, 0.25) is 0 Å². The van der Waals surface area contributed by atoms with Crippen LogP contribution in [-0.4, -0.2) is 35.1 Å². The number of ether oxygens (including phenoxy) is 1. The fourth-order valence-corrected chi connectivity index (χ4v) is 4.13. The van der Waals surface area contributed by atoms with Gasteiger partial charge in [-0.15, -0.1) is 0 Å². The van der Waals surface area contributed by atoms with Gasteiger partial charge in [-0.3, -0.25) is 4.98 Å². The molecule has 3 aromatic rings. The van der Waals surface area contributed by atoms with E-state index in [-0.39, 0.29) is 12.1 Å². The first-order chi connectivity index (χ1) is 12.2. The summed E-state index contributed by atoms with van der Waals surface area (Å²) in [4.78, 5) is 8.72. The number of aliphatic hydroxyl groups excluding tert-OH is 1. The van der Waals surface area contributed by atoms with Gasteiger partial charge in [0.15, 0.2) is 5.13 Å². The van der Waals surface area contributed by atoms with Crippen molar-refractivity contribution in [2.24, 2.45) is 0 Å². The Kier molecular flexibility index (Phi) is 4.59. The number of hydrogen-bond acceptors (Lipinski definition) is 6. The normalized spacial score (nSPS) is 20.5. The van der Waals surface area contributed by atoms with E-state index in [2.05, 4.69) is 15.3 Å². The van der Waals surface area contributed by atoms with E-state index >= 15 is 0 Å². The first kappa shape index (κ1) is 16.4. The second kappa shape index (κ2) is 7.02. The molecule has 0 bridgehead atoms. The van der Waals surface area contributed by atoms with E-state index in [4.69, 9.17) is 4.74 Å². The summed E-state index contributed by atoms with van der Waals surface area (Å²) in [5.74, 6) is 1.59. The van der Waals surface area contributed by atoms with Gasteiger partial charge in [0.1, 0.15) is 19.3 Å². The lowest BCUT2D eigenvalue weighted by atomic mass is 9.93. The molecule has 0 unspecified atom stereocenters. The second-order valence-electron chi connectivity index (χ2n) is 6.49. The van der Waals surface area contributed by atoms with Gasteiger partial charge < -0.3 is 15.2 Å². The molecule has 7 heteroatoms. The minimum atomic E-state index is -0.283. The van der Waals surface area contributed by atoms with Gasteiger partial charge in [0, 0.05) is 18.5 Å². The number of aromatic nitrogens is 2. The number of fused-ring (bicyclic) bond motifs is 1. The molecule has 2 heterocycles. The van der Waals surface area contributed by atoms with Crippen LogP contribution in [0.4, 0.5) is 5.13 Å². The lowest BCUT2D eigenvalue weighted by Crippen LogP contribution is -2.36. The maximum absolute atomic E-state index is 10.1.